The second kappa shape index (κ2) is 10.5. The molecule has 0 spiro atoms. The lowest BCUT2D eigenvalue weighted by atomic mass is 10.2. The molecule has 0 aliphatic rings. The van der Waals surface area contributed by atoms with Crippen LogP contribution in [0.15, 0.2) is 65.7 Å². The van der Waals surface area contributed by atoms with Crippen molar-refractivity contribution in [1.29, 1.82) is 0 Å². The van der Waals surface area contributed by atoms with Crippen LogP contribution in [-0.2, 0) is 20.1 Å². The van der Waals surface area contributed by atoms with Gasteiger partial charge in [0, 0.05) is 49.0 Å². The van der Waals surface area contributed by atoms with Crippen LogP contribution >= 0.6 is 22.9 Å². The Kier molecular flexibility index (Phi) is 7.43. The standard InChI is InChI=1S/C25H25ClN4O3S/c1-29(15-22(31)20-5-3-4-10-27-20)13-18-11-21-24(34-18)23(32)19(14-30(21)2)25(33)28-12-16-6-8-17(26)9-7-16/h3-11,14,22,31H,12-13,15H2,1-2H3,(H,28,33)/t22-/m0/s1. The van der Waals surface area contributed by atoms with Crippen LogP contribution in [0.2, 0.25) is 5.02 Å². The lowest BCUT2D eigenvalue weighted by molar-refractivity contribution is 0.0949. The van der Waals surface area contributed by atoms with Crippen molar-refractivity contribution in [3.63, 3.8) is 0 Å². The highest BCUT2D eigenvalue weighted by Gasteiger charge is 2.18. The van der Waals surface area contributed by atoms with Crippen LogP contribution in [0.1, 0.15) is 32.6 Å². The number of hydrogen-bond acceptors (Lipinski definition) is 6. The van der Waals surface area contributed by atoms with Crippen molar-refractivity contribution in [2.24, 2.45) is 7.05 Å². The summed E-state index contributed by atoms with van der Waals surface area (Å²) in [5.41, 5.74) is 2.11. The fourth-order valence-electron chi connectivity index (χ4n) is 3.71. The van der Waals surface area contributed by atoms with E-state index in [9.17, 15) is 14.7 Å². The Morgan fingerprint density at radius 3 is 2.74 bits per heavy atom. The Balaban J connectivity index is 1.48. The molecule has 7 nitrogen and oxygen atoms in total. The molecular formula is C25H25ClN4O3S. The average Bonchev–Trinajstić information content (AvgIpc) is 3.26. The number of aliphatic hydroxyl groups is 1. The number of fused-ring (bicyclic) bond motifs is 1. The highest BCUT2D eigenvalue weighted by atomic mass is 35.5. The largest absolute Gasteiger partial charge is 0.385 e. The van der Waals surface area contributed by atoms with Crippen molar-refractivity contribution in [2.45, 2.75) is 19.2 Å². The maximum atomic E-state index is 13.1. The first kappa shape index (κ1) is 24.1. The number of hydrogen-bond donors (Lipinski definition) is 2. The molecule has 0 saturated heterocycles. The SMILES string of the molecule is CN(Cc1cc2c(s1)c(=O)c(C(=O)NCc1ccc(Cl)cc1)cn2C)C[C@H](O)c1ccccn1. The summed E-state index contributed by atoms with van der Waals surface area (Å²) in [6.07, 6.45) is 2.53. The Morgan fingerprint density at radius 2 is 2.03 bits per heavy atom. The normalized spacial score (nSPS) is 12.3. The number of nitrogens with one attached hydrogen (secondary N) is 1. The van der Waals surface area contributed by atoms with E-state index < -0.39 is 12.0 Å². The summed E-state index contributed by atoms with van der Waals surface area (Å²) in [5, 5.41) is 13.9. The number of rotatable bonds is 8. The predicted molar refractivity (Wildman–Crippen MR) is 135 cm³/mol. The molecule has 0 unspecified atom stereocenters. The molecule has 1 aromatic carbocycles. The smallest absolute Gasteiger partial charge is 0.257 e. The summed E-state index contributed by atoms with van der Waals surface area (Å²) in [7, 11) is 3.73. The van der Waals surface area contributed by atoms with Crippen LogP contribution in [0.5, 0.6) is 0 Å². The van der Waals surface area contributed by atoms with E-state index in [-0.39, 0.29) is 11.0 Å². The Bertz CT molecular complexity index is 1350. The number of nitrogens with zero attached hydrogens (tertiary/aromatic N) is 3. The minimum atomic E-state index is -0.706. The van der Waals surface area contributed by atoms with Gasteiger partial charge in [-0.05, 0) is 42.9 Å². The van der Waals surface area contributed by atoms with Gasteiger partial charge in [-0.2, -0.15) is 0 Å². The molecule has 0 aliphatic heterocycles. The number of amides is 1. The molecule has 3 aromatic heterocycles. The summed E-state index contributed by atoms with van der Waals surface area (Å²) in [5.74, 6) is -0.414. The van der Waals surface area contributed by atoms with Gasteiger partial charge in [0.15, 0.2) is 0 Å². The second-order valence-corrected chi connectivity index (χ2v) is 9.76. The molecule has 176 valence electrons. The molecule has 9 heteroatoms. The molecule has 4 rings (SSSR count). The van der Waals surface area contributed by atoms with E-state index in [2.05, 4.69) is 10.3 Å². The number of thiophene rings is 1. The highest BCUT2D eigenvalue weighted by Crippen LogP contribution is 2.25. The summed E-state index contributed by atoms with van der Waals surface area (Å²) in [6.45, 7) is 1.26. The van der Waals surface area contributed by atoms with Crippen LogP contribution in [-0.4, -0.2) is 39.1 Å². The van der Waals surface area contributed by atoms with E-state index in [1.807, 2.05) is 49.3 Å². The van der Waals surface area contributed by atoms with E-state index in [0.717, 1.165) is 16.0 Å². The van der Waals surface area contributed by atoms with Gasteiger partial charge in [0.05, 0.1) is 15.9 Å². The van der Waals surface area contributed by atoms with E-state index in [4.69, 9.17) is 11.6 Å². The number of halogens is 1. The highest BCUT2D eigenvalue weighted by molar-refractivity contribution is 7.19. The number of likely N-dealkylation sites (N-methyl/N-ethyl adjacent to an activating group) is 1. The molecule has 0 fully saturated rings. The zero-order chi connectivity index (χ0) is 24.2. The van der Waals surface area contributed by atoms with Crippen LogP contribution in [0.4, 0.5) is 0 Å². The first-order valence-corrected chi connectivity index (χ1v) is 11.9. The number of aromatic nitrogens is 2. The predicted octanol–water partition coefficient (Wildman–Crippen LogP) is 3.74. The first-order chi connectivity index (χ1) is 16.3. The maximum absolute atomic E-state index is 13.1. The van der Waals surface area contributed by atoms with Crippen molar-refractivity contribution < 1.29 is 9.90 Å². The number of benzene rings is 1. The zero-order valence-corrected chi connectivity index (χ0v) is 20.4. The molecule has 34 heavy (non-hydrogen) atoms. The summed E-state index contributed by atoms with van der Waals surface area (Å²) in [6, 6.07) is 14.6. The fraction of sp³-hybridized carbons (Fsp3) is 0.240. The van der Waals surface area contributed by atoms with Crippen LogP contribution in [0.3, 0.4) is 0 Å². The minimum absolute atomic E-state index is 0.108. The lowest BCUT2D eigenvalue weighted by Gasteiger charge is -2.19. The third-order valence-electron chi connectivity index (χ3n) is 5.47. The van der Waals surface area contributed by atoms with Gasteiger partial charge in [-0.1, -0.05) is 29.8 Å². The van der Waals surface area contributed by atoms with Gasteiger partial charge in [0.25, 0.3) is 5.91 Å². The van der Waals surface area contributed by atoms with E-state index >= 15 is 0 Å². The van der Waals surface area contributed by atoms with Gasteiger partial charge in [-0.15, -0.1) is 11.3 Å². The third-order valence-corrected chi connectivity index (χ3v) is 6.83. The van der Waals surface area contributed by atoms with Crippen LogP contribution < -0.4 is 10.7 Å². The lowest BCUT2D eigenvalue weighted by Crippen LogP contribution is -2.29. The summed E-state index contributed by atoms with van der Waals surface area (Å²) >= 11 is 7.27. The van der Waals surface area contributed by atoms with Crippen molar-refractivity contribution in [3.05, 3.63) is 97.9 Å². The number of aryl methyl sites for hydroxylation is 1. The van der Waals surface area contributed by atoms with Crippen molar-refractivity contribution in [1.82, 2.24) is 19.8 Å². The van der Waals surface area contributed by atoms with Gasteiger partial charge in [-0.3, -0.25) is 19.5 Å². The van der Waals surface area contributed by atoms with Crippen molar-refractivity contribution >= 4 is 39.1 Å². The molecule has 3 heterocycles. The van der Waals surface area contributed by atoms with Crippen LogP contribution in [0.25, 0.3) is 10.2 Å². The summed E-state index contributed by atoms with van der Waals surface area (Å²) < 4.78 is 2.34. The van der Waals surface area contributed by atoms with Gasteiger partial charge >= 0.3 is 0 Å². The molecule has 0 radical (unpaired) electrons. The molecule has 4 aromatic rings. The number of carbonyl (C=O) groups is 1. The molecule has 0 bridgehead atoms. The number of carbonyl (C=O) groups excluding carboxylic acids is 1. The number of aliphatic hydroxyl groups excluding tert-OH is 1. The molecule has 1 amide bonds. The topological polar surface area (TPSA) is 87.5 Å². The van der Waals surface area contributed by atoms with Crippen molar-refractivity contribution in [2.75, 3.05) is 13.6 Å². The van der Waals surface area contributed by atoms with E-state index in [0.29, 0.717) is 35.1 Å². The molecule has 0 saturated carbocycles. The Labute approximate surface area is 206 Å². The van der Waals surface area contributed by atoms with Crippen LogP contribution in [0, 0.1) is 0 Å². The maximum Gasteiger partial charge on any atom is 0.257 e. The molecular weight excluding hydrogens is 472 g/mol. The van der Waals surface area contributed by atoms with E-state index in [1.54, 1.807) is 35.2 Å². The van der Waals surface area contributed by atoms with Crippen molar-refractivity contribution in [3.8, 4) is 0 Å². The second-order valence-electron chi connectivity index (χ2n) is 8.19. The quantitative estimate of drug-likeness (QED) is 0.388. The van der Waals surface area contributed by atoms with Gasteiger partial charge in [0.1, 0.15) is 11.7 Å². The van der Waals surface area contributed by atoms with Gasteiger partial charge in [-0.25, -0.2) is 0 Å². The first-order valence-electron chi connectivity index (χ1n) is 10.7. The Hall–Kier alpha value is -3.04. The fourth-order valence-corrected chi connectivity index (χ4v) is 5.07. The summed E-state index contributed by atoms with van der Waals surface area (Å²) in [4.78, 5) is 33.0. The van der Waals surface area contributed by atoms with Gasteiger partial charge in [0.2, 0.25) is 5.43 Å². The Morgan fingerprint density at radius 1 is 1.26 bits per heavy atom. The van der Waals surface area contributed by atoms with E-state index in [1.165, 1.54) is 11.3 Å². The molecule has 0 aliphatic carbocycles. The molecule has 2 N–H and O–H groups in total. The number of pyridine rings is 2. The third kappa shape index (κ3) is 5.53. The molecule has 1 atom stereocenters. The monoisotopic (exact) mass is 496 g/mol. The van der Waals surface area contributed by atoms with Gasteiger partial charge < -0.3 is 15.0 Å². The zero-order valence-electron chi connectivity index (χ0n) is 18.9. The minimum Gasteiger partial charge on any atom is -0.385 e. The average molecular weight is 497 g/mol.